The fourth-order valence-electron chi connectivity index (χ4n) is 1.95. The molecule has 0 saturated carbocycles. The molecule has 102 valence electrons. The summed E-state index contributed by atoms with van der Waals surface area (Å²) in [6, 6.07) is 9.67. The topological polar surface area (TPSA) is 53.3 Å². The van der Waals surface area contributed by atoms with Crippen molar-refractivity contribution in [2.45, 2.75) is 32.7 Å². The quantitative estimate of drug-likeness (QED) is 0.789. The Morgan fingerprint density at radius 3 is 2.68 bits per heavy atom. The maximum atomic E-state index is 12.3. The molecule has 0 aliphatic carbocycles. The highest BCUT2D eigenvalue weighted by atomic mass is 16.5. The third-order valence-corrected chi connectivity index (χ3v) is 2.94. The fraction of sp³-hybridized carbons (Fsp3) is 0.467. The van der Waals surface area contributed by atoms with Crippen LogP contribution in [0.25, 0.3) is 0 Å². The van der Waals surface area contributed by atoms with Gasteiger partial charge in [0.1, 0.15) is 5.75 Å². The zero-order chi connectivity index (χ0) is 14.3. The zero-order valence-corrected chi connectivity index (χ0v) is 11.7. The molecule has 4 heteroatoms. The first-order chi connectivity index (χ1) is 9.10. The molecule has 19 heavy (non-hydrogen) atoms. The summed E-state index contributed by atoms with van der Waals surface area (Å²) < 4.78 is 5.24. The lowest BCUT2D eigenvalue weighted by Crippen LogP contribution is -2.38. The molecule has 0 atom stereocenters. The predicted octanol–water partition coefficient (Wildman–Crippen LogP) is 2.39. The molecule has 0 aromatic heterocycles. The van der Waals surface area contributed by atoms with E-state index < -0.39 is 0 Å². The normalized spacial score (nSPS) is 10.1. The van der Waals surface area contributed by atoms with Crippen LogP contribution in [0.15, 0.2) is 24.3 Å². The maximum Gasteiger partial charge on any atom is 0.227 e. The van der Waals surface area contributed by atoms with E-state index >= 15 is 0 Å². The maximum absolute atomic E-state index is 12.3. The number of hydrogen-bond acceptors (Lipinski definition) is 3. The van der Waals surface area contributed by atoms with Crippen molar-refractivity contribution in [1.29, 1.82) is 5.26 Å². The molecule has 0 unspecified atom stereocenters. The van der Waals surface area contributed by atoms with Gasteiger partial charge in [0.2, 0.25) is 5.91 Å². The minimum absolute atomic E-state index is 0.0229. The zero-order valence-electron chi connectivity index (χ0n) is 11.7. The van der Waals surface area contributed by atoms with Crippen LogP contribution in [0.2, 0.25) is 0 Å². The minimum Gasteiger partial charge on any atom is -0.496 e. The lowest BCUT2D eigenvalue weighted by molar-refractivity contribution is -0.132. The van der Waals surface area contributed by atoms with Crippen molar-refractivity contribution >= 4 is 5.91 Å². The molecule has 1 aromatic carbocycles. The Morgan fingerprint density at radius 1 is 1.42 bits per heavy atom. The molecule has 0 bridgehead atoms. The summed E-state index contributed by atoms with van der Waals surface area (Å²) in [6.07, 6.45) is 0.656. The molecule has 0 aliphatic heterocycles. The van der Waals surface area contributed by atoms with Gasteiger partial charge in [-0.15, -0.1) is 0 Å². The Labute approximate surface area is 114 Å². The van der Waals surface area contributed by atoms with Crippen LogP contribution in [0.4, 0.5) is 0 Å². The Hall–Kier alpha value is -2.02. The third-order valence-electron chi connectivity index (χ3n) is 2.94. The Balaban J connectivity index is 2.79. The van der Waals surface area contributed by atoms with Gasteiger partial charge in [0.25, 0.3) is 0 Å². The first kappa shape index (κ1) is 15.0. The molecule has 1 aromatic rings. The van der Waals surface area contributed by atoms with Crippen LogP contribution in [0.1, 0.15) is 25.8 Å². The number of nitriles is 1. The summed E-state index contributed by atoms with van der Waals surface area (Å²) in [5.41, 5.74) is 0.873. The van der Waals surface area contributed by atoms with Gasteiger partial charge < -0.3 is 9.64 Å². The molecule has 4 nitrogen and oxygen atoms in total. The van der Waals surface area contributed by atoms with Gasteiger partial charge in [0.05, 0.1) is 26.0 Å². The van der Waals surface area contributed by atoms with Crippen molar-refractivity contribution < 1.29 is 9.53 Å². The van der Waals surface area contributed by atoms with Gasteiger partial charge >= 0.3 is 0 Å². The van der Waals surface area contributed by atoms with Crippen LogP contribution < -0.4 is 4.74 Å². The van der Waals surface area contributed by atoms with E-state index in [0.29, 0.717) is 19.4 Å². The number of hydrogen-bond donors (Lipinski definition) is 0. The molecule has 0 fully saturated rings. The third kappa shape index (κ3) is 4.29. The van der Waals surface area contributed by atoms with Crippen molar-refractivity contribution in [1.82, 2.24) is 4.90 Å². The number of para-hydroxylation sites is 1. The smallest absolute Gasteiger partial charge is 0.227 e. The number of rotatable bonds is 6. The Morgan fingerprint density at radius 2 is 2.11 bits per heavy atom. The molecular formula is C15H20N2O2. The van der Waals surface area contributed by atoms with E-state index in [1.165, 1.54) is 0 Å². The summed E-state index contributed by atoms with van der Waals surface area (Å²) in [5.74, 6) is 0.745. The van der Waals surface area contributed by atoms with Crippen molar-refractivity contribution in [2.75, 3.05) is 13.7 Å². The van der Waals surface area contributed by atoms with Crippen molar-refractivity contribution in [3.63, 3.8) is 0 Å². The molecule has 1 amide bonds. The van der Waals surface area contributed by atoms with E-state index in [2.05, 4.69) is 6.07 Å². The van der Waals surface area contributed by atoms with Crippen LogP contribution in [-0.4, -0.2) is 30.5 Å². The molecule has 0 heterocycles. The second-order valence-corrected chi connectivity index (χ2v) is 4.58. The lowest BCUT2D eigenvalue weighted by Gasteiger charge is -2.26. The van der Waals surface area contributed by atoms with E-state index in [-0.39, 0.29) is 11.9 Å². The van der Waals surface area contributed by atoms with Crippen LogP contribution in [-0.2, 0) is 11.2 Å². The highest BCUT2D eigenvalue weighted by molar-refractivity contribution is 5.79. The molecular weight excluding hydrogens is 240 g/mol. The number of benzene rings is 1. The van der Waals surface area contributed by atoms with Crippen LogP contribution in [0, 0.1) is 11.3 Å². The molecule has 0 saturated heterocycles. The van der Waals surface area contributed by atoms with E-state index in [9.17, 15) is 4.79 Å². The summed E-state index contributed by atoms with van der Waals surface area (Å²) in [5, 5.41) is 8.64. The molecule has 0 aliphatic rings. The number of amides is 1. The van der Waals surface area contributed by atoms with Gasteiger partial charge in [0, 0.05) is 18.2 Å². The second-order valence-electron chi connectivity index (χ2n) is 4.58. The molecule has 0 N–H and O–H groups in total. The van der Waals surface area contributed by atoms with Crippen molar-refractivity contribution in [2.24, 2.45) is 0 Å². The van der Waals surface area contributed by atoms with E-state index in [0.717, 1.165) is 11.3 Å². The van der Waals surface area contributed by atoms with Crippen molar-refractivity contribution in [3.05, 3.63) is 29.8 Å². The van der Waals surface area contributed by atoms with Crippen LogP contribution in [0.5, 0.6) is 5.75 Å². The first-order valence-corrected chi connectivity index (χ1v) is 6.38. The first-order valence-electron chi connectivity index (χ1n) is 6.38. The van der Waals surface area contributed by atoms with Crippen molar-refractivity contribution in [3.8, 4) is 11.8 Å². The second kappa shape index (κ2) is 7.42. The highest BCUT2D eigenvalue weighted by Gasteiger charge is 2.18. The van der Waals surface area contributed by atoms with Gasteiger partial charge in [-0.05, 0) is 19.9 Å². The molecule has 1 rings (SSSR count). The van der Waals surface area contributed by atoms with Crippen LogP contribution >= 0.6 is 0 Å². The molecule has 0 radical (unpaired) electrons. The van der Waals surface area contributed by atoms with Gasteiger partial charge in [-0.3, -0.25) is 4.79 Å². The Bertz CT molecular complexity index is 463. The average Bonchev–Trinajstić information content (AvgIpc) is 2.39. The Kier molecular flexibility index (Phi) is 5.87. The van der Waals surface area contributed by atoms with E-state index in [1.54, 1.807) is 12.0 Å². The van der Waals surface area contributed by atoms with Gasteiger partial charge in [-0.1, -0.05) is 18.2 Å². The summed E-state index contributed by atoms with van der Waals surface area (Å²) in [6.45, 7) is 4.39. The summed E-state index contributed by atoms with van der Waals surface area (Å²) in [7, 11) is 1.60. The number of carbonyl (C=O) groups is 1. The number of ether oxygens (including phenoxy) is 1. The highest BCUT2D eigenvalue weighted by Crippen LogP contribution is 2.19. The fourth-order valence-corrected chi connectivity index (χ4v) is 1.95. The van der Waals surface area contributed by atoms with Gasteiger partial charge in [0.15, 0.2) is 0 Å². The average molecular weight is 260 g/mol. The summed E-state index contributed by atoms with van der Waals surface area (Å²) in [4.78, 5) is 14.0. The molecule has 0 spiro atoms. The monoisotopic (exact) mass is 260 g/mol. The number of methoxy groups -OCH3 is 1. The van der Waals surface area contributed by atoms with Crippen LogP contribution in [0.3, 0.4) is 0 Å². The lowest BCUT2D eigenvalue weighted by atomic mass is 10.1. The van der Waals surface area contributed by atoms with E-state index in [4.69, 9.17) is 10.00 Å². The van der Waals surface area contributed by atoms with Gasteiger partial charge in [-0.2, -0.15) is 5.26 Å². The minimum atomic E-state index is 0.0229. The number of carbonyl (C=O) groups excluding carboxylic acids is 1. The summed E-state index contributed by atoms with van der Waals surface area (Å²) >= 11 is 0. The van der Waals surface area contributed by atoms with Gasteiger partial charge in [-0.25, -0.2) is 0 Å². The predicted molar refractivity (Wildman–Crippen MR) is 73.8 cm³/mol. The number of nitrogens with zero attached hydrogens (tertiary/aromatic N) is 2. The SMILES string of the molecule is COc1ccccc1CC(=O)N(CCC#N)C(C)C. The largest absolute Gasteiger partial charge is 0.496 e. The standard InChI is InChI=1S/C15H20N2O2/c1-12(2)17(10-6-9-16)15(18)11-13-7-4-5-8-14(13)19-3/h4-5,7-8,12H,6,10-11H2,1-3H3. The van der Waals surface area contributed by atoms with E-state index in [1.807, 2.05) is 38.1 Å².